The molecule has 0 saturated heterocycles. The molecule has 0 fully saturated rings. The third kappa shape index (κ3) is 3.79. The lowest BCUT2D eigenvalue weighted by atomic mass is 10.2. The molecule has 26 heavy (non-hydrogen) atoms. The van der Waals surface area contributed by atoms with Crippen LogP contribution in [0.4, 0.5) is 0 Å². The number of benzene rings is 2. The largest absolute Gasteiger partial charge is 0.484 e. The van der Waals surface area contributed by atoms with Crippen LogP contribution in [-0.2, 0) is 6.61 Å². The van der Waals surface area contributed by atoms with Gasteiger partial charge >= 0.3 is 0 Å². The standard InChI is InChI=1S/C18H13ClN4O2S/c1-11-2-7-15-14(8-11)17(21-10-20-15)26-18-23-22-16(25-18)9-24-13-5-3-12(19)4-6-13/h2-8,10H,9H2,1H3. The molecule has 0 aliphatic heterocycles. The lowest BCUT2D eigenvalue weighted by molar-refractivity contribution is 0.252. The number of rotatable bonds is 5. The average molecular weight is 385 g/mol. The molecule has 0 atom stereocenters. The molecule has 0 aliphatic carbocycles. The number of ether oxygens (including phenoxy) is 1. The van der Waals surface area contributed by atoms with Gasteiger partial charge in [-0.15, -0.1) is 10.2 Å². The second kappa shape index (κ2) is 7.31. The zero-order valence-electron chi connectivity index (χ0n) is 13.7. The molecule has 4 rings (SSSR count). The minimum absolute atomic E-state index is 0.179. The van der Waals surface area contributed by atoms with E-state index in [1.807, 2.05) is 25.1 Å². The van der Waals surface area contributed by atoms with Crippen molar-refractivity contribution in [3.8, 4) is 5.75 Å². The molecule has 0 amide bonds. The van der Waals surface area contributed by atoms with Crippen molar-refractivity contribution >= 4 is 34.3 Å². The lowest BCUT2D eigenvalue weighted by Gasteiger charge is -2.03. The predicted molar refractivity (Wildman–Crippen MR) is 98.5 cm³/mol. The zero-order valence-corrected chi connectivity index (χ0v) is 15.3. The maximum atomic E-state index is 5.85. The fourth-order valence-electron chi connectivity index (χ4n) is 2.32. The number of nitrogens with zero attached hydrogens (tertiary/aromatic N) is 4. The second-order valence-electron chi connectivity index (χ2n) is 5.51. The van der Waals surface area contributed by atoms with Gasteiger partial charge in [0.15, 0.2) is 6.61 Å². The monoisotopic (exact) mass is 384 g/mol. The summed E-state index contributed by atoms with van der Waals surface area (Å²) in [5.41, 5.74) is 2.01. The summed E-state index contributed by atoms with van der Waals surface area (Å²) in [5.74, 6) is 1.07. The van der Waals surface area contributed by atoms with Crippen molar-refractivity contribution in [3.05, 3.63) is 65.3 Å². The summed E-state index contributed by atoms with van der Waals surface area (Å²) in [4.78, 5) is 8.61. The highest BCUT2D eigenvalue weighted by Crippen LogP contribution is 2.30. The van der Waals surface area contributed by atoms with Crippen LogP contribution in [0.15, 0.2) is 63.5 Å². The van der Waals surface area contributed by atoms with Crippen LogP contribution in [0, 0.1) is 6.92 Å². The van der Waals surface area contributed by atoms with Crippen molar-refractivity contribution in [2.45, 2.75) is 23.8 Å². The molecule has 0 saturated carbocycles. The van der Waals surface area contributed by atoms with E-state index >= 15 is 0 Å². The van der Waals surface area contributed by atoms with Gasteiger partial charge in [0.25, 0.3) is 11.1 Å². The third-order valence-electron chi connectivity index (χ3n) is 3.56. The predicted octanol–water partition coefficient (Wildman–Crippen LogP) is 4.70. The Balaban J connectivity index is 1.48. The Morgan fingerprint density at radius 3 is 2.77 bits per heavy atom. The van der Waals surface area contributed by atoms with E-state index in [4.69, 9.17) is 20.8 Å². The normalized spacial score (nSPS) is 11.0. The minimum atomic E-state index is 0.179. The van der Waals surface area contributed by atoms with Gasteiger partial charge in [-0.1, -0.05) is 23.2 Å². The Morgan fingerprint density at radius 1 is 1.08 bits per heavy atom. The number of halogens is 1. The fourth-order valence-corrected chi connectivity index (χ4v) is 3.21. The maximum absolute atomic E-state index is 5.85. The van der Waals surface area contributed by atoms with Crippen molar-refractivity contribution in [3.63, 3.8) is 0 Å². The Kier molecular flexibility index (Phi) is 4.73. The molecule has 0 radical (unpaired) electrons. The van der Waals surface area contributed by atoms with Crippen LogP contribution in [0.2, 0.25) is 5.02 Å². The average Bonchev–Trinajstić information content (AvgIpc) is 3.09. The Labute approximate surface area is 158 Å². The number of aryl methyl sites for hydroxylation is 1. The van der Waals surface area contributed by atoms with Gasteiger partial charge in [0.1, 0.15) is 17.1 Å². The smallest absolute Gasteiger partial charge is 0.283 e. The number of hydrogen-bond donors (Lipinski definition) is 0. The van der Waals surface area contributed by atoms with Gasteiger partial charge in [-0.2, -0.15) is 0 Å². The van der Waals surface area contributed by atoms with Crippen LogP contribution in [0.5, 0.6) is 5.75 Å². The van der Waals surface area contributed by atoms with Crippen LogP contribution in [0.25, 0.3) is 10.9 Å². The zero-order chi connectivity index (χ0) is 17.9. The fraction of sp³-hybridized carbons (Fsp3) is 0.111. The number of hydrogen-bond acceptors (Lipinski definition) is 7. The van der Waals surface area contributed by atoms with Crippen molar-refractivity contribution in [2.24, 2.45) is 0 Å². The first-order chi connectivity index (χ1) is 12.7. The van der Waals surface area contributed by atoms with Gasteiger partial charge < -0.3 is 9.15 Å². The highest BCUT2D eigenvalue weighted by Gasteiger charge is 2.12. The first kappa shape index (κ1) is 16.8. The Hall–Kier alpha value is -2.64. The van der Waals surface area contributed by atoms with E-state index in [1.165, 1.54) is 18.1 Å². The van der Waals surface area contributed by atoms with E-state index in [0.717, 1.165) is 21.5 Å². The van der Waals surface area contributed by atoms with Crippen LogP contribution < -0.4 is 4.74 Å². The van der Waals surface area contributed by atoms with Crippen LogP contribution in [0.3, 0.4) is 0 Å². The van der Waals surface area contributed by atoms with Crippen LogP contribution in [-0.4, -0.2) is 20.2 Å². The molecule has 0 aliphatic rings. The summed E-state index contributed by atoms with van der Waals surface area (Å²) in [6.45, 7) is 2.21. The first-order valence-corrected chi connectivity index (χ1v) is 8.97. The molecule has 2 aromatic carbocycles. The molecule has 6 nitrogen and oxygen atoms in total. The number of fused-ring (bicyclic) bond motifs is 1. The van der Waals surface area contributed by atoms with Crippen molar-refractivity contribution in [1.82, 2.24) is 20.2 Å². The molecule has 2 heterocycles. The first-order valence-electron chi connectivity index (χ1n) is 7.77. The van der Waals surface area contributed by atoms with Gasteiger partial charge in [0, 0.05) is 10.4 Å². The van der Waals surface area contributed by atoms with Gasteiger partial charge in [0.05, 0.1) is 5.52 Å². The summed E-state index contributed by atoms with van der Waals surface area (Å²) in [6.07, 6.45) is 1.53. The van der Waals surface area contributed by atoms with Crippen LogP contribution >= 0.6 is 23.4 Å². The molecule has 0 bridgehead atoms. The summed E-state index contributed by atoms with van der Waals surface area (Å²) < 4.78 is 11.2. The second-order valence-corrected chi connectivity index (χ2v) is 6.88. The molecule has 130 valence electrons. The molecule has 8 heteroatoms. The summed E-state index contributed by atoms with van der Waals surface area (Å²) >= 11 is 7.16. The van der Waals surface area contributed by atoms with Crippen molar-refractivity contribution in [1.29, 1.82) is 0 Å². The van der Waals surface area contributed by atoms with E-state index in [1.54, 1.807) is 24.3 Å². The molecular weight excluding hydrogens is 372 g/mol. The summed E-state index contributed by atoms with van der Waals surface area (Å²) in [6, 6.07) is 13.1. The summed E-state index contributed by atoms with van der Waals surface area (Å²) in [5, 5.41) is 10.8. The molecule has 2 aromatic heterocycles. The third-order valence-corrected chi connectivity index (χ3v) is 4.67. The molecular formula is C18H13ClN4O2S. The highest BCUT2D eigenvalue weighted by atomic mass is 35.5. The molecule has 0 unspecified atom stereocenters. The van der Waals surface area contributed by atoms with Crippen molar-refractivity contribution in [2.75, 3.05) is 0 Å². The Morgan fingerprint density at radius 2 is 1.92 bits per heavy atom. The van der Waals surface area contributed by atoms with Crippen molar-refractivity contribution < 1.29 is 9.15 Å². The summed E-state index contributed by atoms with van der Waals surface area (Å²) in [7, 11) is 0. The van der Waals surface area contributed by atoms with E-state index in [2.05, 4.69) is 20.2 Å². The van der Waals surface area contributed by atoms with E-state index in [0.29, 0.717) is 21.9 Å². The lowest BCUT2D eigenvalue weighted by Crippen LogP contribution is -1.95. The van der Waals surface area contributed by atoms with Gasteiger partial charge in [-0.05, 0) is 55.1 Å². The van der Waals surface area contributed by atoms with E-state index < -0.39 is 0 Å². The quantitative estimate of drug-likeness (QED) is 0.461. The Bertz CT molecular complexity index is 1050. The van der Waals surface area contributed by atoms with Gasteiger partial charge in [-0.25, -0.2) is 9.97 Å². The minimum Gasteiger partial charge on any atom is -0.484 e. The SMILES string of the molecule is Cc1ccc2ncnc(Sc3nnc(COc4ccc(Cl)cc4)o3)c2c1. The van der Waals surface area contributed by atoms with Gasteiger partial charge in [0.2, 0.25) is 0 Å². The highest BCUT2D eigenvalue weighted by molar-refractivity contribution is 7.99. The molecule has 4 aromatic rings. The van der Waals surface area contributed by atoms with Gasteiger partial charge in [-0.3, -0.25) is 0 Å². The molecule has 0 spiro atoms. The van der Waals surface area contributed by atoms with E-state index in [9.17, 15) is 0 Å². The topological polar surface area (TPSA) is 73.9 Å². The van der Waals surface area contributed by atoms with Crippen LogP contribution in [0.1, 0.15) is 11.5 Å². The maximum Gasteiger partial charge on any atom is 0.283 e. The number of aromatic nitrogens is 4. The van der Waals surface area contributed by atoms with E-state index in [-0.39, 0.29) is 6.61 Å². The molecule has 0 N–H and O–H groups in total.